The van der Waals surface area contributed by atoms with Crippen molar-refractivity contribution in [1.82, 2.24) is 10.5 Å². The molecule has 0 saturated carbocycles. The second-order valence-corrected chi connectivity index (χ2v) is 1.92. The normalized spacial score (nSPS) is 16.6. The van der Waals surface area contributed by atoms with Crippen molar-refractivity contribution >= 4 is 12.2 Å². The van der Waals surface area contributed by atoms with Crippen LogP contribution in [0.4, 0.5) is 0 Å². The summed E-state index contributed by atoms with van der Waals surface area (Å²) in [6.45, 7) is 0.752. The van der Waals surface area contributed by atoms with Gasteiger partial charge in [-0.3, -0.25) is 5.43 Å². The molecule has 1 aliphatic heterocycles. The summed E-state index contributed by atoms with van der Waals surface area (Å²) in [7, 11) is 0. The molecule has 0 aromatic heterocycles. The molecule has 58 valence electrons. The number of hydrogen-bond donors (Lipinski definition) is 2. The molecule has 0 fully saturated rings. The van der Waals surface area contributed by atoms with Gasteiger partial charge in [-0.1, -0.05) is 0 Å². The zero-order chi connectivity index (χ0) is 8.10. The van der Waals surface area contributed by atoms with Crippen LogP contribution in [0.1, 0.15) is 6.42 Å². The standard InChI is InChI=1S/C5H8N6/c6-4-8-5(7)10-11-3-1-2-9-11/h2H,1,3H2,(H3,7,8,10). The van der Waals surface area contributed by atoms with Gasteiger partial charge in [-0.25, -0.2) is 5.12 Å². The highest BCUT2D eigenvalue weighted by atomic mass is 15.7. The van der Waals surface area contributed by atoms with E-state index in [2.05, 4.69) is 15.5 Å². The van der Waals surface area contributed by atoms with Gasteiger partial charge < -0.3 is 5.73 Å². The molecular formula is C5H8N6. The molecule has 0 aliphatic carbocycles. The number of nitriles is 1. The number of rotatable bonds is 1. The molecule has 6 heteroatoms. The average molecular weight is 152 g/mol. The van der Waals surface area contributed by atoms with Crippen LogP contribution in [0.25, 0.3) is 0 Å². The second-order valence-electron chi connectivity index (χ2n) is 1.92. The van der Waals surface area contributed by atoms with Gasteiger partial charge in [0, 0.05) is 12.6 Å². The maximum atomic E-state index is 8.10. The van der Waals surface area contributed by atoms with Crippen molar-refractivity contribution in [2.75, 3.05) is 6.54 Å². The Morgan fingerprint density at radius 3 is 3.27 bits per heavy atom. The van der Waals surface area contributed by atoms with Crippen LogP contribution in [0, 0.1) is 11.5 Å². The summed E-state index contributed by atoms with van der Waals surface area (Å²) in [6.07, 6.45) is 4.20. The van der Waals surface area contributed by atoms with Crippen LogP contribution in [0.2, 0.25) is 0 Å². The highest BCUT2D eigenvalue weighted by Crippen LogP contribution is 1.93. The summed E-state index contributed by atoms with van der Waals surface area (Å²) >= 11 is 0. The molecule has 0 amide bonds. The smallest absolute Gasteiger partial charge is 0.224 e. The van der Waals surface area contributed by atoms with E-state index in [0.29, 0.717) is 0 Å². The molecule has 1 heterocycles. The average Bonchev–Trinajstić information content (AvgIpc) is 2.40. The van der Waals surface area contributed by atoms with Crippen LogP contribution in [0.5, 0.6) is 0 Å². The predicted octanol–water partition coefficient (Wildman–Crippen LogP) is -1.02. The Hall–Kier alpha value is -1.77. The van der Waals surface area contributed by atoms with Crippen LogP contribution in [-0.4, -0.2) is 23.8 Å². The summed E-state index contributed by atoms with van der Waals surface area (Å²) in [5.74, 6) is 0.0616. The Kier molecular flexibility index (Phi) is 2.28. The lowest BCUT2D eigenvalue weighted by Gasteiger charge is -2.13. The van der Waals surface area contributed by atoms with E-state index < -0.39 is 0 Å². The van der Waals surface area contributed by atoms with Crippen molar-refractivity contribution in [2.45, 2.75) is 6.42 Å². The van der Waals surface area contributed by atoms with Crippen LogP contribution < -0.4 is 11.2 Å². The molecule has 6 nitrogen and oxygen atoms in total. The molecule has 1 aliphatic rings. The molecule has 0 atom stereocenters. The third-order valence-corrected chi connectivity index (χ3v) is 1.11. The molecule has 0 saturated heterocycles. The van der Waals surface area contributed by atoms with Crippen molar-refractivity contribution in [1.29, 1.82) is 5.26 Å². The van der Waals surface area contributed by atoms with Gasteiger partial charge in [0.1, 0.15) is 0 Å². The molecule has 3 N–H and O–H groups in total. The fourth-order valence-corrected chi connectivity index (χ4v) is 0.690. The monoisotopic (exact) mass is 152 g/mol. The first-order valence-corrected chi connectivity index (χ1v) is 3.12. The van der Waals surface area contributed by atoms with Gasteiger partial charge in [0.2, 0.25) is 12.2 Å². The minimum atomic E-state index is 0.0616. The number of guanidine groups is 1. The maximum Gasteiger partial charge on any atom is 0.224 e. The zero-order valence-electron chi connectivity index (χ0n) is 5.86. The summed E-state index contributed by atoms with van der Waals surface area (Å²) in [5, 5.41) is 13.5. The quantitative estimate of drug-likeness (QED) is 0.286. The largest absolute Gasteiger partial charge is 0.368 e. The van der Waals surface area contributed by atoms with Crippen LogP contribution >= 0.6 is 0 Å². The number of hydrazine groups is 1. The van der Waals surface area contributed by atoms with Crippen molar-refractivity contribution in [2.24, 2.45) is 15.8 Å². The van der Waals surface area contributed by atoms with E-state index in [-0.39, 0.29) is 5.96 Å². The van der Waals surface area contributed by atoms with Crippen LogP contribution in [0.15, 0.2) is 10.1 Å². The first-order valence-electron chi connectivity index (χ1n) is 3.12. The third kappa shape index (κ3) is 2.14. The van der Waals surface area contributed by atoms with Gasteiger partial charge >= 0.3 is 0 Å². The molecule has 0 aromatic rings. The summed E-state index contributed by atoms with van der Waals surface area (Å²) in [6, 6.07) is 0. The highest BCUT2D eigenvalue weighted by Gasteiger charge is 2.04. The fraction of sp³-hybridized carbons (Fsp3) is 0.400. The van der Waals surface area contributed by atoms with Gasteiger partial charge in [-0.2, -0.15) is 10.4 Å². The third-order valence-electron chi connectivity index (χ3n) is 1.11. The Morgan fingerprint density at radius 1 is 1.91 bits per heavy atom. The number of nitrogens with zero attached hydrogens (tertiary/aromatic N) is 4. The minimum Gasteiger partial charge on any atom is -0.368 e. The molecule has 0 bridgehead atoms. The van der Waals surface area contributed by atoms with Crippen molar-refractivity contribution in [3.05, 3.63) is 0 Å². The first kappa shape index (κ1) is 7.34. The van der Waals surface area contributed by atoms with E-state index in [1.54, 1.807) is 12.4 Å². The number of nitrogens with two attached hydrogens (primary N) is 1. The molecule has 11 heavy (non-hydrogen) atoms. The van der Waals surface area contributed by atoms with Crippen molar-refractivity contribution in [3.63, 3.8) is 0 Å². The topological polar surface area (TPSA) is 89.8 Å². The van der Waals surface area contributed by atoms with E-state index in [1.807, 2.05) is 0 Å². The van der Waals surface area contributed by atoms with Gasteiger partial charge in [-0.05, 0) is 0 Å². The van der Waals surface area contributed by atoms with E-state index in [4.69, 9.17) is 11.0 Å². The van der Waals surface area contributed by atoms with E-state index in [1.165, 1.54) is 5.12 Å². The molecule has 0 spiro atoms. The Balaban J connectivity index is 2.37. The lowest BCUT2D eigenvalue weighted by Crippen LogP contribution is -2.41. The lowest BCUT2D eigenvalue weighted by molar-refractivity contribution is 0.274. The number of hydrogen-bond acceptors (Lipinski definition) is 4. The Labute approximate surface area is 64.0 Å². The second kappa shape index (κ2) is 3.41. The molecular weight excluding hydrogens is 144 g/mol. The van der Waals surface area contributed by atoms with Crippen LogP contribution in [-0.2, 0) is 0 Å². The number of nitrogens with one attached hydrogen (secondary N) is 1. The highest BCUT2D eigenvalue weighted by molar-refractivity contribution is 5.78. The molecule has 0 radical (unpaired) electrons. The fourth-order valence-electron chi connectivity index (χ4n) is 0.690. The van der Waals surface area contributed by atoms with Gasteiger partial charge in [-0.15, -0.1) is 4.99 Å². The van der Waals surface area contributed by atoms with Crippen molar-refractivity contribution in [3.8, 4) is 6.19 Å². The molecule has 0 unspecified atom stereocenters. The maximum absolute atomic E-state index is 8.10. The van der Waals surface area contributed by atoms with E-state index in [0.717, 1.165) is 13.0 Å². The molecule has 1 rings (SSSR count). The van der Waals surface area contributed by atoms with Gasteiger partial charge in [0.05, 0.1) is 6.54 Å². The van der Waals surface area contributed by atoms with Gasteiger partial charge in [0.15, 0.2) is 0 Å². The summed E-state index contributed by atoms with van der Waals surface area (Å²) in [4.78, 5) is 3.26. The van der Waals surface area contributed by atoms with Crippen LogP contribution in [0.3, 0.4) is 0 Å². The summed E-state index contributed by atoms with van der Waals surface area (Å²) < 4.78 is 0. The molecule has 0 aromatic carbocycles. The number of aliphatic imine (C=N–C) groups is 1. The Morgan fingerprint density at radius 2 is 2.73 bits per heavy atom. The van der Waals surface area contributed by atoms with E-state index >= 15 is 0 Å². The predicted molar refractivity (Wildman–Crippen MR) is 40.2 cm³/mol. The summed E-state index contributed by atoms with van der Waals surface area (Å²) in [5.41, 5.74) is 7.89. The van der Waals surface area contributed by atoms with Crippen molar-refractivity contribution < 1.29 is 0 Å². The van der Waals surface area contributed by atoms with Gasteiger partial charge in [0.25, 0.3) is 0 Å². The lowest BCUT2D eigenvalue weighted by atomic mass is 10.5. The zero-order valence-corrected chi connectivity index (χ0v) is 5.86. The SMILES string of the molecule is N#CN=C(N)NN1CCC=N1. The number of hydrazone groups is 1. The first-order chi connectivity index (χ1) is 5.33. The Bertz CT molecular complexity index is 224. The van der Waals surface area contributed by atoms with E-state index in [9.17, 15) is 0 Å². The minimum absolute atomic E-state index is 0.0616.